The van der Waals surface area contributed by atoms with Crippen LogP contribution in [0.3, 0.4) is 0 Å². The van der Waals surface area contributed by atoms with Gasteiger partial charge in [0.15, 0.2) is 6.54 Å². The summed E-state index contributed by atoms with van der Waals surface area (Å²) in [5.41, 5.74) is 1.71. The Morgan fingerprint density at radius 2 is 1.81 bits per heavy atom. The second-order valence-corrected chi connectivity index (χ2v) is 9.09. The van der Waals surface area contributed by atoms with Crippen LogP contribution in [0.5, 0.6) is 0 Å². The first-order valence-electron chi connectivity index (χ1n) is 9.48. The lowest BCUT2D eigenvalue weighted by Crippen LogP contribution is -3.15. The molecule has 2 N–H and O–H groups in total. The summed E-state index contributed by atoms with van der Waals surface area (Å²) in [5.74, 6) is 0.0551. The second-order valence-electron chi connectivity index (χ2n) is 7.18. The summed E-state index contributed by atoms with van der Waals surface area (Å²) < 4.78 is 27.5. The van der Waals surface area contributed by atoms with Crippen LogP contribution >= 0.6 is 0 Å². The van der Waals surface area contributed by atoms with E-state index in [4.69, 9.17) is 0 Å². The standard InChI is InChI=1S/C19H31N3O3S/c1-5-17(6-2)20-19(23)14-21-9-11-22(12-10-21)26(24,25)18-13-15(3)7-8-16(18)4/h7-8,13,17H,5-6,9-12,14H2,1-4H3,(H,20,23)/p+1. The van der Waals surface area contributed by atoms with E-state index in [0.29, 0.717) is 37.6 Å². The van der Waals surface area contributed by atoms with Gasteiger partial charge in [-0.1, -0.05) is 26.0 Å². The summed E-state index contributed by atoms with van der Waals surface area (Å²) >= 11 is 0. The highest BCUT2D eigenvalue weighted by Gasteiger charge is 2.32. The van der Waals surface area contributed by atoms with Crippen LogP contribution in [0.15, 0.2) is 23.1 Å². The van der Waals surface area contributed by atoms with Crippen LogP contribution in [-0.4, -0.2) is 57.4 Å². The zero-order valence-electron chi connectivity index (χ0n) is 16.3. The summed E-state index contributed by atoms with van der Waals surface area (Å²) in [4.78, 5) is 13.7. The van der Waals surface area contributed by atoms with Gasteiger partial charge in [-0.25, -0.2) is 8.42 Å². The molecule has 0 unspecified atom stereocenters. The largest absolute Gasteiger partial charge is 0.349 e. The Kier molecular flexibility index (Phi) is 7.20. The fourth-order valence-electron chi connectivity index (χ4n) is 3.34. The van der Waals surface area contributed by atoms with Crippen molar-refractivity contribution < 1.29 is 18.1 Å². The lowest BCUT2D eigenvalue weighted by molar-refractivity contribution is -0.895. The number of hydrogen-bond donors (Lipinski definition) is 2. The van der Waals surface area contributed by atoms with Crippen LogP contribution in [0.2, 0.25) is 0 Å². The van der Waals surface area contributed by atoms with E-state index in [1.54, 1.807) is 10.4 Å². The molecule has 0 atom stereocenters. The minimum atomic E-state index is -3.47. The zero-order chi connectivity index (χ0) is 19.3. The van der Waals surface area contributed by atoms with Gasteiger partial charge < -0.3 is 10.2 Å². The van der Waals surface area contributed by atoms with Crippen LogP contribution in [0.4, 0.5) is 0 Å². The molecule has 0 radical (unpaired) electrons. The van der Waals surface area contributed by atoms with Gasteiger partial charge in [-0.3, -0.25) is 4.79 Å². The molecule has 1 aliphatic heterocycles. The summed E-state index contributed by atoms with van der Waals surface area (Å²) in [6.45, 7) is 10.5. The van der Waals surface area contributed by atoms with Gasteiger partial charge in [0.05, 0.1) is 31.1 Å². The fraction of sp³-hybridized carbons (Fsp3) is 0.632. The molecule has 1 aromatic carbocycles. The zero-order valence-corrected chi connectivity index (χ0v) is 17.2. The van der Waals surface area contributed by atoms with Crippen molar-refractivity contribution in [3.05, 3.63) is 29.3 Å². The van der Waals surface area contributed by atoms with Gasteiger partial charge in [-0.2, -0.15) is 4.31 Å². The number of carbonyl (C=O) groups is 1. The number of quaternary nitrogens is 1. The molecule has 6 nitrogen and oxygen atoms in total. The molecule has 1 fully saturated rings. The molecule has 0 saturated carbocycles. The highest BCUT2D eigenvalue weighted by molar-refractivity contribution is 7.89. The van der Waals surface area contributed by atoms with E-state index in [1.165, 1.54) is 0 Å². The fourth-order valence-corrected chi connectivity index (χ4v) is 5.09. The molecular weight excluding hydrogens is 350 g/mol. The van der Waals surface area contributed by atoms with Crippen molar-refractivity contribution in [2.24, 2.45) is 0 Å². The van der Waals surface area contributed by atoms with Gasteiger partial charge in [0, 0.05) is 6.04 Å². The first-order chi connectivity index (χ1) is 12.3. The molecule has 146 valence electrons. The molecule has 0 bridgehead atoms. The van der Waals surface area contributed by atoms with Gasteiger partial charge in [0.2, 0.25) is 10.0 Å². The number of nitrogens with zero attached hydrogens (tertiary/aromatic N) is 1. The number of amides is 1. The lowest BCUT2D eigenvalue weighted by atomic mass is 10.2. The number of nitrogens with one attached hydrogen (secondary N) is 2. The summed E-state index contributed by atoms with van der Waals surface area (Å²) in [7, 11) is -3.47. The van der Waals surface area contributed by atoms with Crippen molar-refractivity contribution in [3.63, 3.8) is 0 Å². The van der Waals surface area contributed by atoms with E-state index in [9.17, 15) is 13.2 Å². The number of aryl methyl sites for hydroxylation is 2. The van der Waals surface area contributed by atoms with E-state index in [0.717, 1.165) is 28.9 Å². The van der Waals surface area contributed by atoms with Gasteiger partial charge in [0.25, 0.3) is 5.91 Å². The Labute approximate surface area is 157 Å². The maximum Gasteiger partial charge on any atom is 0.275 e. The van der Waals surface area contributed by atoms with Crippen LogP contribution in [0.25, 0.3) is 0 Å². The topological polar surface area (TPSA) is 70.9 Å². The number of piperazine rings is 1. The quantitative estimate of drug-likeness (QED) is 0.721. The van der Waals surface area contributed by atoms with Gasteiger partial charge in [0.1, 0.15) is 0 Å². The third-order valence-corrected chi connectivity index (χ3v) is 7.19. The third kappa shape index (κ3) is 5.05. The average molecular weight is 383 g/mol. The number of hydrogen-bond acceptors (Lipinski definition) is 3. The SMILES string of the molecule is CCC(CC)NC(=O)C[NH+]1CCN(S(=O)(=O)c2cc(C)ccc2C)CC1. The highest BCUT2D eigenvalue weighted by atomic mass is 32.2. The Hall–Kier alpha value is -1.44. The van der Waals surface area contributed by atoms with E-state index < -0.39 is 10.0 Å². The molecular formula is C19H32N3O3S+. The van der Waals surface area contributed by atoms with Gasteiger partial charge in [-0.05, 0) is 43.9 Å². The molecule has 26 heavy (non-hydrogen) atoms. The molecule has 0 aliphatic carbocycles. The molecule has 0 spiro atoms. The molecule has 1 aliphatic rings. The van der Waals surface area contributed by atoms with Crippen LogP contribution in [0.1, 0.15) is 37.8 Å². The first-order valence-corrected chi connectivity index (χ1v) is 10.9. The summed E-state index contributed by atoms with van der Waals surface area (Å²) in [6.07, 6.45) is 1.86. The summed E-state index contributed by atoms with van der Waals surface area (Å²) in [6, 6.07) is 5.75. The number of carbonyl (C=O) groups excluding carboxylic acids is 1. The number of rotatable bonds is 7. The predicted octanol–water partition coefficient (Wildman–Crippen LogP) is 0.497. The van der Waals surface area contributed by atoms with E-state index >= 15 is 0 Å². The number of sulfonamides is 1. The van der Waals surface area contributed by atoms with E-state index in [2.05, 4.69) is 19.2 Å². The minimum absolute atomic E-state index is 0.0551. The molecule has 2 rings (SSSR count). The van der Waals surface area contributed by atoms with Crippen LogP contribution in [-0.2, 0) is 14.8 Å². The van der Waals surface area contributed by atoms with Crippen LogP contribution < -0.4 is 10.2 Å². The third-order valence-electron chi connectivity index (χ3n) is 5.15. The monoisotopic (exact) mass is 382 g/mol. The van der Waals surface area contributed by atoms with Crippen molar-refractivity contribution >= 4 is 15.9 Å². The highest BCUT2D eigenvalue weighted by Crippen LogP contribution is 2.21. The van der Waals surface area contributed by atoms with Gasteiger partial charge >= 0.3 is 0 Å². The minimum Gasteiger partial charge on any atom is -0.349 e. The predicted molar refractivity (Wildman–Crippen MR) is 103 cm³/mol. The molecule has 1 heterocycles. The Morgan fingerprint density at radius 1 is 1.19 bits per heavy atom. The van der Waals surface area contributed by atoms with Crippen molar-refractivity contribution in [1.82, 2.24) is 9.62 Å². The summed E-state index contributed by atoms with van der Waals surface area (Å²) in [5, 5.41) is 3.05. The lowest BCUT2D eigenvalue weighted by Gasteiger charge is -2.31. The normalized spacial score (nSPS) is 16.8. The maximum absolute atomic E-state index is 12.9. The first kappa shape index (κ1) is 20.9. The average Bonchev–Trinajstić information content (AvgIpc) is 2.62. The molecule has 7 heteroatoms. The van der Waals surface area contributed by atoms with Crippen molar-refractivity contribution in [1.29, 1.82) is 0 Å². The van der Waals surface area contributed by atoms with Crippen LogP contribution in [0, 0.1) is 13.8 Å². The van der Waals surface area contributed by atoms with Crippen molar-refractivity contribution in [2.75, 3.05) is 32.7 Å². The number of benzene rings is 1. The molecule has 1 amide bonds. The van der Waals surface area contributed by atoms with E-state index in [1.807, 2.05) is 26.0 Å². The maximum atomic E-state index is 12.9. The molecule has 1 saturated heterocycles. The van der Waals surface area contributed by atoms with Gasteiger partial charge in [-0.15, -0.1) is 0 Å². The Morgan fingerprint density at radius 3 is 2.38 bits per heavy atom. The Bertz CT molecular complexity index is 722. The Balaban J connectivity index is 1.95. The smallest absolute Gasteiger partial charge is 0.275 e. The van der Waals surface area contributed by atoms with Crippen molar-refractivity contribution in [2.45, 2.75) is 51.5 Å². The van der Waals surface area contributed by atoms with Crippen molar-refractivity contribution in [3.8, 4) is 0 Å². The van der Waals surface area contributed by atoms with E-state index in [-0.39, 0.29) is 11.9 Å². The molecule has 0 aromatic heterocycles. The second kappa shape index (κ2) is 8.97. The molecule has 1 aromatic rings.